The van der Waals surface area contributed by atoms with Crippen molar-refractivity contribution < 1.29 is 21.6 Å². The molecule has 1 aliphatic rings. The van der Waals surface area contributed by atoms with Gasteiger partial charge >= 0.3 is 0 Å². The monoisotopic (exact) mass is 512 g/mol. The molecule has 1 aliphatic heterocycles. The standard InChI is InChI=1S/C21H20ClF3N6O2S/c1-26-14-4-5-31(11-14)19-6-12(23)2-3-17(19)29-18-8-16(25)20(7-15(18)22)34(32,33)30-21-27-9-13(24)10-28-21/h2-3,6-10,14,26,29H,4-5,11H2,1H3,(H,27,28,30). The Balaban J connectivity index is 1.61. The minimum Gasteiger partial charge on any atom is -0.368 e. The second-order valence-electron chi connectivity index (χ2n) is 7.60. The van der Waals surface area contributed by atoms with Crippen molar-refractivity contribution in [2.45, 2.75) is 17.4 Å². The van der Waals surface area contributed by atoms with Crippen LogP contribution in [0.4, 0.5) is 36.2 Å². The van der Waals surface area contributed by atoms with E-state index in [1.54, 1.807) is 0 Å². The Morgan fingerprint density at radius 3 is 2.47 bits per heavy atom. The molecule has 3 aromatic rings. The molecular formula is C21H20ClF3N6O2S. The summed E-state index contributed by atoms with van der Waals surface area (Å²) in [5, 5.41) is 6.07. The van der Waals surface area contributed by atoms with E-state index in [4.69, 9.17) is 11.6 Å². The van der Waals surface area contributed by atoms with E-state index in [0.717, 1.165) is 30.9 Å². The lowest BCUT2D eigenvalue weighted by Gasteiger charge is -2.23. The van der Waals surface area contributed by atoms with Gasteiger partial charge in [0.05, 0.1) is 34.5 Å². The van der Waals surface area contributed by atoms with Gasteiger partial charge in [0.1, 0.15) is 16.5 Å². The number of sulfonamides is 1. The molecule has 13 heteroatoms. The molecule has 4 rings (SSSR count). The minimum atomic E-state index is -4.45. The van der Waals surface area contributed by atoms with Crippen LogP contribution in [-0.4, -0.2) is 44.6 Å². The highest BCUT2D eigenvalue weighted by molar-refractivity contribution is 7.92. The van der Waals surface area contributed by atoms with Crippen molar-refractivity contribution in [2.75, 3.05) is 35.1 Å². The molecule has 1 fully saturated rings. The average molecular weight is 513 g/mol. The molecule has 180 valence electrons. The fraction of sp³-hybridized carbons (Fsp3) is 0.238. The zero-order chi connectivity index (χ0) is 24.5. The van der Waals surface area contributed by atoms with Gasteiger partial charge in [0.15, 0.2) is 5.82 Å². The van der Waals surface area contributed by atoms with E-state index in [1.165, 1.54) is 18.2 Å². The Morgan fingerprint density at radius 2 is 1.79 bits per heavy atom. The lowest BCUT2D eigenvalue weighted by atomic mass is 10.2. The largest absolute Gasteiger partial charge is 0.368 e. The van der Waals surface area contributed by atoms with Crippen LogP contribution in [0.1, 0.15) is 6.42 Å². The third-order valence-electron chi connectivity index (χ3n) is 5.32. The highest BCUT2D eigenvalue weighted by atomic mass is 35.5. The van der Waals surface area contributed by atoms with Crippen LogP contribution in [0.25, 0.3) is 0 Å². The van der Waals surface area contributed by atoms with Gasteiger partial charge in [-0.3, -0.25) is 0 Å². The molecule has 1 aromatic heterocycles. The second-order valence-corrected chi connectivity index (χ2v) is 9.66. The first-order chi connectivity index (χ1) is 16.2. The summed E-state index contributed by atoms with van der Waals surface area (Å²) in [6.07, 6.45) is 2.40. The Labute approximate surface area is 199 Å². The predicted octanol–water partition coefficient (Wildman–Crippen LogP) is 3.89. The molecule has 0 spiro atoms. The maximum Gasteiger partial charge on any atom is 0.267 e. The molecule has 1 unspecified atom stereocenters. The molecule has 1 atom stereocenters. The van der Waals surface area contributed by atoms with Gasteiger partial charge in [-0.15, -0.1) is 0 Å². The summed E-state index contributed by atoms with van der Waals surface area (Å²) in [6.45, 7) is 1.35. The maximum absolute atomic E-state index is 14.9. The number of benzene rings is 2. The van der Waals surface area contributed by atoms with Crippen LogP contribution in [0.2, 0.25) is 5.02 Å². The molecule has 0 saturated carbocycles. The third kappa shape index (κ3) is 5.18. The van der Waals surface area contributed by atoms with Crippen LogP contribution in [-0.2, 0) is 10.0 Å². The van der Waals surface area contributed by atoms with Crippen LogP contribution in [0.3, 0.4) is 0 Å². The number of hydrogen-bond acceptors (Lipinski definition) is 7. The molecule has 2 aromatic carbocycles. The zero-order valence-electron chi connectivity index (χ0n) is 17.8. The number of likely N-dealkylation sites (N-methyl/N-ethyl adjacent to an activating group) is 1. The molecule has 34 heavy (non-hydrogen) atoms. The molecule has 1 saturated heterocycles. The molecule has 2 heterocycles. The van der Waals surface area contributed by atoms with E-state index in [2.05, 4.69) is 20.6 Å². The van der Waals surface area contributed by atoms with Crippen LogP contribution >= 0.6 is 11.6 Å². The first kappa shape index (κ1) is 24.0. The molecule has 0 aliphatic carbocycles. The van der Waals surface area contributed by atoms with Crippen molar-refractivity contribution in [3.63, 3.8) is 0 Å². The minimum absolute atomic E-state index is 0.0911. The Bertz CT molecular complexity index is 1310. The fourth-order valence-corrected chi connectivity index (χ4v) is 4.92. The highest BCUT2D eigenvalue weighted by Crippen LogP contribution is 2.36. The maximum atomic E-state index is 14.9. The van der Waals surface area contributed by atoms with E-state index in [0.29, 0.717) is 24.5 Å². The van der Waals surface area contributed by atoms with Crippen molar-refractivity contribution in [3.05, 3.63) is 65.2 Å². The van der Waals surface area contributed by atoms with Crippen molar-refractivity contribution in [1.82, 2.24) is 15.3 Å². The zero-order valence-corrected chi connectivity index (χ0v) is 19.4. The summed E-state index contributed by atoms with van der Waals surface area (Å²) in [5.74, 6) is -2.72. The highest BCUT2D eigenvalue weighted by Gasteiger charge is 2.25. The van der Waals surface area contributed by atoms with E-state index in [1.807, 2.05) is 16.7 Å². The topological polar surface area (TPSA) is 99.2 Å². The quantitative estimate of drug-likeness (QED) is 0.441. The van der Waals surface area contributed by atoms with E-state index < -0.39 is 38.3 Å². The van der Waals surface area contributed by atoms with Crippen LogP contribution in [0.5, 0.6) is 0 Å². The van der Waals surface area contributed by atoms with Gasteiger partial charge in [0.2, 0.25) is 5.95 Å². The number of anilines is 4. The van der Waals surface area contributed by atoms with Gasteiger partial charge < -0.3 is 15.5 Å². The van der Waals surface area contributed by atoms with Gasteiger partial charge in [0, 0.05) is 25.2 Å². The Kier molecular flexibility index (Phi) is 6.82. The Morgan fingerprint density at radius 1 is 1.06 bits per heavy atom. The van der Waals surface area contributed by atoms with Crippen LogP contribution in [0.15, 0.2) is 47.6 Å². The molecular weight excluding hydrogens is 493 g/mol. The fourth-order valence-electron chi connectivity index (χ4n) is 3.60. The number of nitrogens with one attached hydrogen (secondary N) is 3. The van der Waals surface area contributed by atoms with Gasteiger partial charge in [-0.2, -0.15) is 0 Å². The summed E-state index contributed by atoms with van der Waals surface area (Å²) in [4.78, 5) is 8.24. The summed E-state index contributed by atoms with van der Waals surface area (Å²) in [5.41, 5.74) is 1.14. The van der Waals surface area contributed by atoms with Crippen LogP contribution in [0, 0.1) is 17.5 Å². The number of halogens is 4. The van der Waals surface area contributed by atoms with Gasteiger partial charge in [-0.25, -0.2) is 36.3 Å². The smallest absolute Gasteiger partial charge is 0.267 e. The second kappa shape index (κ2) is 9.65. The average Bonchev–Trinajstić information content (AvgIpc) is 3.27. The van der Waals surface area contributed by atoms with Gasteiger partial charge in [-0.05, 0) is 37.7 Å². The SMILES string of the molecule is CNC1CCN(c2cc(F)ccc2Nc2cc(F)c(S(=O)(=O)Nc3ncc(F)cn3)cc2Cl)C1. The third-order valence-corrected chi connectivity index (χ3v) is 6.98. The normalized spacial score (nSPS) is 16.0. The summed E-state index contributed by atoms with van der Waals surface area (Å²) < 4.78 is 69.0. The molecule has 3 N–H and O–H groups in total. The number of aromatic nitrogens is 2. The molecule has 8 nitrogen and oxygen atoms in total. The molecule has 0 amide bonds. The Hall–Kier alpha value is -3.09. The van der Waals surface area contributed by atoms with Crippen molar-refractivity contribution >= 4 is 44.6 Å². The first-order valence-electron chi connectivity index (χ1n) is 10.1. The van der Waals surface area contributed by atoms with Gasteiger partial charge in [-0.1, -0.05) is 11.6 Å². The van der Waals surface area contributed by atoms with E-state index in [9.17, 15) is 21.6 Å². The summed E-state index contributed by atoms with van der Waals surface area (Å²) in [6, 6.07) is 6.24. The number of hydrogen-bond donors (Lipinski definition) is 3. The lowest BCUT2D eigenvalue weighted by molar-refractivity contribution is 0.570. The molecule has 0 bridgehead atoms. The van der Waals surface area contributed by atoms with E-state index >= 15 is 0 Å². The predicted molar refractivity (Wildman–Crippen MR) is 124 cm³/mol. The first-order valence-corrected chi connectivity index (χ1v) is 12.0. The molecule has 0 radical (unpaired) electrons. The van der Waals surface area contributed by atoms with Gasteiger partial charge in [0.25, 0.3) is 10.0 Å². The van der Waals surface area contributed by atoms with Crippen molar-refractivity contribution in [2.24, 2.45) is 0 Å². The van der Waals surface area contributed by atoms with Crippen LogP contribution < -0.4 is 20.3 Å². The summed E-state index contributed by atoms with van der Waals surface area (Å²) >= 11 is 6.27. The van der Waals surface area contributed by atoms with Crippen molar-refractivity contribution in [3.8, 4) is 0 Å². The lowest BCUT2D eigenvalue weighted by Crippen LogP contribution is -2.29. The van der Waals surface area contributed by atoms with Crippen molar-refractivity contribution in [1.29, 1.82) is 0 Å². The summed E-state index contributed by atoms with van der Waals surface area (Å²) in [7, 11) is -2.60. The number of rotatable bonds is 7. The van der Waals surface area contributed by atoms with E-state index in [-0.39, 0.29) is 16.8 Å². The number of nitrogens with zero attached hydrogens (tertiary/aromatic N) is 3.